The molecule has 0 radical (unpaired) electrons. The van der Waals surface area contributed by atoms with Crippen molar-refractivity contribution >= 4 is 40.6 Å². The van der Waals surface area contributed by atoms with Crippen LogP contribution in [0.3, 0.4) is 0 Å². The average Bonchev–Trinajstić information content (AvgIpc) is 2.92. The number of hydrogen-bond donors (Lipinski definition) is 0. The van der Waals surface area contributed by atoms with Crippen molar-refractivity contribution in [2.24, 2.45) is 0 Å². The van der Waals surface area contributed by atoms with Gasteiger partial charge in [-0.1, -0.05) is 41.9 Å². The first kappa shape index (κ1) is 19.3. The molecular formula is C20H18ClNO4S. The predicted molar refractivity (Wildman–Crippen MR) is 107 cm³/mol. The third-order valence-corrected chi connectivity index (χ3v) is 5.01. The number of rotatable bonds is 7. The first-order valence-corrected chi connectivity index (χ1v) is 9.64. The number of halogens is 1. The van der Waals surface area contributed by atoms with Gasteiger partial charge in [-0.15, -0.1) is 0 Å². The molecule has 0 aromatic heterocycles. The van der Waals surface area contributed by atoms with Gasteiger partial charge in [-0.25, -0.2) is 0 Å². The second-order valence-electron chi connectivity index (χ2n) is 5.58. The number of carbonyl (C=O) groups excluding carboxylic acids is 2. The van der Waals surface area contributed by atoms with Crippen LogP contribution < -0.4 is 9.47 Å². The molecule has 0 unspecified atom stereocenters. The SMILES string of the molecule is CCOc1ccccc1/C=C1\SC(=O)N(CCOc2ccccc2Cl)C1=O. The Balaban J connectivity index is 1.67. The summed E-state index contributed by atoms with van der Waals surface area (Å²) in [5, 5.41) is 0.168. The second kappa shape index (κ2) is 8.97. The van der Waals surface area contributed by atoms with E-state index in [4.69, 9.17) is 21.1 Å². The Morgan fingerprint density at radius 3 is 2.48 bits per heavy atom. The highest BCUT2D eigenvalue weighted by molar-refractivity contribution is 8.18. The first-order chi connectivity index (χ1) is 13.1. The van der Waals surface area contributed by atoms with Crippen molar-refractivity contribution in [1.29, 1.82) is 0 Å². The summed E-state index contributed by atoms with van der Waals surface area (Å²) in [6.45, 7) is 2.74. The molecule has 1 heterocycles. The maximum atomic E-state index is 12.6. The van der Waals surface area contributed by atoms with Crippen LogP contribution in [0, 0.1) is 0 Å². The van der Waals surface area contributed by atoms with E-state index in [0.29, 0.717) is 28.0 Å². The van der Waals surface area contributed by atoms with E-state index in [1.165, 1.54) is 4.90 Å². The normalized spacial score (nSPS) is 15.5. The van der Waals surface area contributed by atoms with E-state index in [-0.39, 0.29) is 24.3 Å². The van der Waals surface area contributed by atoms with E-state index in [1.807, 2.05) is 31.2 Å². The van der Waals surface area contributed by atoms with E-state index in [0.717, 1.165) is 17.3 Å². The molecule has 0 saturated carbocycles. The largest absolute Gasteiger partial charge is 0.493 e. The number of benzene rings is 2. The van der Waals surface area contributed by atoms with Crippen LogP contribution in [0.1, 0.15) is 12.5 Å². The van der Waals surface area contributed by atoms with Crippen LogP contribution in [-0.4, -0.2) is 35.8 Å². The van der Waals surface area contributed by atoms with Crippen LogP contribution in [0.4, 0.5) is 4.79 Å². The molecule has 0 aliphatic carbocycles. The van der Waals surface area contributed by atoms with Gasteiger partial charge < -0.3 is 9.47 Å². The zero-order valence-electron chi connectivity index (χ0n) is 14.7. The van der Waals surface area contributed by atoms with E-state index >= 15 is 0 Å². The monoisotopic (exact) mass is 403 g/mol. The maximum Gasteiger partial charge on any atom is 0.293 e. The standard InChI is InChI=1S/C20H18ClNO4S/c1-2-25-16-9-5-3-7-14(16)13-18-19(23)22(20(24)27-18)11-12-26-17-10-6-4-8-15(17)21/h3-10,13H,2,11-12H2,1H3/b18-13-. The molecular weight excluding hydrogens is 386 g/mol. The smallest absolute Gasteiger partial charge is 0.293 e. The zero-order chi connectivity index (χ0) is 19.2. The third kappa shape index (κ3) is 4.64. The molecule has 1 aliphatic heterocycles. The lowest BCUT2D eigenvalue weighted by atomic mass is 10.2. The van der Waals surface area contributed by atoms with E-state index in [2.05, 4.69) is 0 Å². The van der Waals surface area contributed by atoms with Crippen LogP contribution in [-0.2, 0) is 4.79 Å². The number of nitrogens with zero attached hydrogens (tertiary/aromatic N) is 1. The highest BCUT2D eigenvalue weighted by Crippen LogP contribution is 2.34. The van der Waals surface area contributed by atoms with Crippen LogP contribution in [0.2, 0.25) is 5.02 Å². The lowest BCUT2D eigenvalue weighted by Crippen LogP contribution is -2.32. The number of hydrogen-bond acceptors (Lipinski definition) is 5. The zero-order valence-corrected chi connectivity index (χ0v) is 16.3. The van der Waals surface area contributed by atoms with E-state index < -0.39 is 0 Å². The Morgan fingerprint density at radius 2 is 1.74 bits per heavy atom. The summed E-state index contributed by atoms with van der Waals surface area (Å²) in [4.78, 5) is 26.4. The molecule has 0 bridgehead atoms. The maximum absolute atomic E-state index is 12.6. The molecule has 1 aliphatic rings. The van der Waals surface area contributed by atoms with Crippen molar-refractivity contribution in [3.8, 4) is 11.5 Å². The van der Waals surface area contributed by atoms with Crippen LogP contribution in [0.15, 0.2) is 53.4 Å². The first-order valence-electron chi connectivity index (χ1n) is 8.44. The summed E-state index contributed by atoms with van der Waals surface area (Å²) in [5.74, 6) is 0.861. The van der Waals surface area contributed by atoms with Crippen molar-refractivity contribution in [2.75, 3.05) is 19.8 Å². The number of carbonyl (C=O) groups is 2. The highest BCUT2D eigenvalue weighted by atomic mass is 35.5. The lowest BCUT2D eigenvalue weighted by Gasteiger charge is -2.13. The fraction of sp³-hybridized carbons (Fsp3) is 0.200. The molecule has 140 valence electrons. The van der Waals surface area contributed by atoms with Crippen molar-refractivity contribution in [3.63, 3.8) is 0 Å². The van der Waals surface area contributed by atoms with Crippen LogP contribution >= 0.6 is 23.4 Å². The quantitative estimate of drug-likeness (QED) is 0.618. The lowest BCUT2D eigenvalue weighted by molar-refractivity contribution is -0.123. The van der Waals surface area contributed by atoms with Gasteiger partial charge >= 0.3 is 0 Å². The number of ether oxygens (including phenoxy) is 2. The number of thioether (sulfide) groups is 1. The fourth-order valence-electron chi connectivity index (χ4n) is 2.53. The number of imide groups is 1. The summed E-state index contributed by atoms with van der Waals surface area (Å²) in [7, 11) is 0. The van der Waals surface area contributed by atoms with Crippen molar-refractivity contribution in [2.45, 2.75) is 6.92 Å². The molecule has 2 aromatic rings. The van der Waals surface area contributed by atoms with E-state index in [9.17, 15) is 9.59 Å². The molecule has 0 atom stereocenters. The van der Waals surface area contributed by atoms with Crippen molar-refractivity contribution < 1.29 is 19.1 Å². The molecule has 2 amide bonds. The molecule has 0 N–H and O–H groups in total. The molecule has 2 aromatic carbocycles. The summed E-state index contributed by atoms with van der Waals surface area (Å²) < 4.78 is 11.1. The molecule has 1 fully saturated rings. The van der Waals surface area contributed by atoms with Gasteiger partial charge in [0.05, 0.1) is 23.1 Å². The van der Waals surface area contributed by atoms with Gasteiger partial charge in [-0.2, -0.15) is 0 Å². The average molecular weight is 404 g/mol. The Morgan fingerprint density at radius 1 is 1.04 bits per heavy atom. The minimum absolute atomic E-state index is 0.153. The molecule has 1 saturated heterocycles. The summed E-state index contributed by atoms with van der Waals surface area (Å²) in [5.41, 5.74) is 0.761. The third-order valence-electron chi connectivity index (χ3n) is 3.79. The topological polar surface area (TPSA) is 55.8 Å². The van der Waals surface area contributed by atoms with Gasteiger partial charge in [-0.3, -0.25) is 14.5 Å². The highest BCUT2D eigenvalue weighted by Gasteiger charge is 2.35. The number of amides is 2. The molecule has 5 nitrogen and oxygen atoms in total. The Bertz CT molecular complexity index is 884. The van der Waals surface area contributed by atoms with Gasteiger partial charge in [0.15, 0.2) is 0 Å². The molecule has 7 heteroatoms. The molecule has 0 spiro atoms. The Labute approximate surface area is 166 Å². The van der Waals surface area contributed by atoms with Gasteiger partial charge in [-0.05, 0) is 43.0 Å². The summed E-state index contributed by atoms with van der Waals surface area (Å²) in [6, 6.07) is 14.5. The van der Waals surface area contributed by atoms with Gasteiger partial charge in [0.1, 0.15) is 18.1 Å². The van der Waals surface area contributed by atoms with Crippen molar-refractivity contribution in [3.05, 3.63) is 64.0 Å². The Hall–Kier alpha value is -2.44. The molecule has 27 heavy (non-hydrogen) atoms. The van der Waals surface area contributed by atoms with Crippen molar-refractivity contribution in [1.82, 2.24) is 4.90 Å². The minimum Gasteiger partial charge on any atom is -0.493 e. The van der Waals surface area contributed by atoms with Gasteiger partial charge in [0, 0.05) is 5.56 Å². The summed E-state index contributed by atoms with van der Waals surface area (Å²) in [6.07, 6.45) is 1.69. The van der Waals surface area contributed by atoms with Gasteiger partial charge in [0.2, 0.25) is 0 Å². The number of para-hydroxylation sites is 2. The minimum atomic E-state index is -0.334. The van der Waals surface area contributed by atoms with Gasteiger partial charge in [0.25, 0.3) is 11.1 Å². The summed E-state index contributed by atoms with van der Waals surface area (Å²) >= 11 is 6.95. The van der Waals surface area contributed by atoms with Crippen LogP contribution in [0.5, 0.6) is 11.5 Å². The Kier molecular flexibility index (Phi) is 6.42. The molecule has 3 rings (SSSR count). The second-order valence-corrected chi connectivity index (χ2v) is 6.98. The fourth-order valence-corrected chi connectivity index (χ4v) is 3.58. The van der Waals surface area contributed by atoms with E-state index in [1.54, 1.807) is 30.3 Å². The predicted octanol–water partition coefficient (Wildman–Crippen LogP) is 4.85. The van der Waals surface area contributed by atoms with Crippen LogP contribution in [0.25, 0.3) is 6.08 Å².